The molecule has 0 aliphatic rings. The summed E-state index contributed by atoms with van der Waals surface area (Å²) in [6.45, 7) is 3.82. The van der Waals surface area contributed by atoms with Crippen LogP contribution in [-0.4, -0.2) is 6.18 Å². The van der Waals surface area contributed by atoms with Crippen LogP contribution in [0, 0.1) is 13.8 Å². The normalized spacial score (nSPS) is 13.8. The summed E-state index contributed by atoms with van der Waals surface area (Å²) in [6, 6.07) is 5.10. The highest BCUT2D eigenvalue weighted by Gasteiger charge is 2.28. The molecule has 0 saturated carbocycles. The molecule has 1 aromatic carbocycles. The smallest absolute Gasteiger partial charge is 0.271 e. The van der Waals surface area contributed by atoms with E-state index in [4.69, 9.17) is 5.84 Å². The molecule has 0 heterocycles. The van der Waals surface area contributed by atoms with Crippen LogP contribution < -0.4 is 11.3 Å². The van der Waals surface area contributed by atoms with Crippen LogP contribution >= 0.6 is 0 Å². The van der Waals surface area contributed by atoms with Crippen LogP contribution in [0.5, 0.6) is 0 Å². The Morgan fingerprint density at radius 2 is 1.94 bits per heavy atom. The van der Waals surface area contributed by atoms with Crippen molar-refractivity contribution in [1.82, 2.24) is 5.43 Å². The van der Waals surface area contributed by atoms with Gasteiger partial charge in [-0.2, -0.15) is 13.2 Å². The lowest BCUT2D eigenvalue weighted by Crippen LogP contribution is -2.29. The van der Waals surface area contributed by atoms with Gasteiger partial charge in [0.05, 0.1) is 0 Å². The SMILES string of the molecule is Cc1cccc(C(CCC(F)(F)F)NN)c1C. The van der Waals surface area contributed by atoms with Gasteiger partial charge in [0, 0.05) is 12.5 Å². The van der Waals surface area contributed by atoms with Gasteiger partial charge in [0.15, 0.2) is 0 Å². The number of rotatable bonds is 4. The fourth-order valence-electron chi connectivity index (χ4n) is 1.79. The van der Waals surface area contributed by atoms with E-state index in [1.807, 2.05) is 32.0 Å². The van der Waals surface area contributed by atoms with Gasteiger partial charge in [-0.1, -0.05) is 18.2 Å². The van der Waals surface area contributed by atoms with Gasteiger partial charge < -0.3 is 0 Å². The largest absolute Gasteiger partial charge is 0.389 e. The van der Waals surface area contributed by atoms with Crippen LogP contribution in [0.3, 0.4) is 0 Å². The minimum Gasteiger partial charge on any atom is -0.271 e. The zero-order valence-corrected chi connectivity index (χ0v) is 9.93. The summed E-state index contributed by atoms with van der Waals surface area (Å²) in [7, 11) is 0. The number of hydrazine groups is 1. The molecule has 0 fully saturated rings. The number of nitrogens with one attached hydrogen (secondary N) is 1. The van der Waals surface area contributed by atoms with Crippen molar-refractivity contribution >= 4 is 0 Å². The summed E-state index contributed by atoms with van der Waals surface area (Å²) >= 11 is 0. The van der Waals surface area contributed by atoms with Crippen molar-refractivity contribution in [3.05, 3.63) is 34.9 Å². The first-order chi connectivity index (χ1) is 7.85. The van der Waals surface area contributed by atoms with Crippen LogP contribution in [0.25, 0.3) is 0 Å². The van der Waals surface area contributed by atoms with Crippen molar-refractivity contribution in [2.75, 3.05) is 0 Å². The van der Waals surface area contributed by atoms with E-state index in [-0.39, 0.29) is 6.42 Å². The fraction of sp³-hybridized carbons (Fsp3) is 0.500. The summed E-state index contributed by atoms with van der Waals surface area (Å²) in [5, 5.41) is 0. The van der Waals surface area contributed by atoms with E-state index in [9.17, 15) is 13.2 Å². The van der Waals surface area contributed by atoms with Crippen LogP contribution in [0.1, 0.15) is 35.6 Å². The molecular formula is C12H17F3N2. The van der Waals surface area contributed by atoms with E-state index in [0.29, 0.717) is 0 Å². The molecule has 2 nitrogen and oxygen atoms in total. The zero-order valence-electron chi connectivity index (χ0n) is 9.93. The van der Waals surface area contributed by atoms with E-state index in [0.717, 1.165) is 16.7 Å². The molecule has 0 aliphatic heterocycles. The Hall–Kier alpha value is -1.07. The molecule has 5 heteroatoms. The minimum atomic E-state index is -4.15. The fourth-order valence-corrected chi connectivity index (χ4v) is 1.79. The second kappa shape index (κ2) is 5.51. The molecule has 1 rings (SSSR count). The topological polar surface area (TPSA) is 38.0 Å². The van der Waals surface area contributed by atoms with Crippen molar-refractivity contribution in [1.29, 1.82) is 0 Å². The van der Waals surface area contributed by atoms with E-state index in [1.165, 1.54) is 0 Å². The van der Waals surface area contributed by atoms with Crippen LogP contribution in [0.2, 0.25) is 0 Å². The van der Waals surface area contributed by atoms with Crippen LogP contribution in [-0.2, 0) is 0 Å². The lowest BCUT2D eigenvalue weighted by atomic mass is 9.95. The number of halogens is 3. The quantitative estimate of drug-likeness (QED) is 0.632. The molecular weight excluding hydrogens is 229 g/mol. The molecule has 0 amide bonds. The van der Waals surface area contributed by atoms with Crippen molar-refractivity contribution in [2.45, 2.75) is 38.9 Å². The first-order valence-corrected chi connectivity index (χ1v) is 5.44. The van der Waals surface area contributed by atoms with Gasteiger partial charge in [-0.3, -0.25) is 11.3 Å². The summed E-state index contributed by atoms with van der Waals surface area (Å²) in [4.78, 5) is 0. The van der Waals surface area contributed by atoms with E-state index in [1.54, 1.807) is 0 Å². The maximum atomic E-state index is 12.2. The number of aryl methyl sites for hydroxylation is 1. The van der Waals surface area contributed by atoms with Gasteiger partial charge in [0.25, 0.3) is 0 Å². The van der Waals surface area contributed by atoms with Gasteiger partial charge in [0.2, 0.25) is 0 Å². The maximum Gasteiger partial charge on any atom is 0.389 e. The second-order valence-electron chi connectivity index (χ2n) is 4.16. The van der Waals surface area contributed by atoms with Crippen molar-refractivity contribution < 1.29 is 13.2 Å². The number of alkyl halides is 3. The zero-order chi connectivity index (χ0) is 13.1. The minimum absolute atomic E-state index is 0.0513. The Kier molecular flexibility index (Phi) is 4.54. The first-order valence-electron chi connectivity index (χ1n) is 5.44. The van der Waals surface area contributed by atoms with Crippen molar-refractivity contribution in [3.63, 3.8) is 0 Å². The maximum absolute atomic E-state index is 12.2. The standard InChI is InChI=1S/C12H17F3N2/c1-8-4-3-5-10(9(8)2)11(17-16)6-7-12(13,14)15/h3-5,11,17H,6-7,16H2,1-2H3. The predicted molar refractivity (Wildman–Crippen MR) is 61.3 cm³/mol. The molecule has 0 bridgehead atoms. The third kappa shape index (κ3) is 4.02. The van der Waals surface area contributed by atoms with Crippen LogP contribution in [0.15, 0.2) is 18.2 Å². The lowest BCUT2D eigenvalue weighted by Gasteiger charge is -2.20. The highest BCUT2D eigenvalue weighted by atomic mass is 19.4. The Labute approximate surface area is 99.0 Å². The predicted octanol–water partition coefficient (Wildman–Crippen LogP) is 3.15. The van der Waals surface area contributed by atoms with Crippen molar-refractivity contribution in [2.24, 2.45) is 5.84 Å². The molecule has 1 atom stereocenters. The Morgan fingerprint density at radius 3 is 2.47 bits per heavy atom. The summed E-state index contributed by atoms with van der Waals surface area (Å²) in [6.07, 6.45) is -5.04. The van der Waals surface area contributed by atoms with Crippen LogP contribution in [0.4, 0.5) is 13.2 Å². The highest BCUT2D eigenvalue weighted by Crippen LogP contribution is 2.29. The van der Waals surface area contributed by atoms with E-state index < -0.39 is 18.6 Å². The van der Waals surface area contributed by atoms with E-state index in [2.05, 4.69) is 5.43 Å². The highest BCUT2D eigenvalue weighted by molar-refractivity contribution is 5.35. The molecule has 0 aliphatic carbocycles. The number of hydrogen-bond donors (Lipinski definition) is 2. The molecule has 1 unspecified atom stereocenters. The molecule has 17 heavy (non-hydrogen) atoms. The molecule has 1 aromatic rings. The molecule has 0 aromatic heterocycles. The Balaban J connectivity index is 2.83. The molecule has 96 valence electrons. The second-order valence-corrected chi connectivity index (χ2v) is 4.16. The third-order valence-electron chi connectivity index (χ3n) is 2.94. The summed E-state index contributed by atoms with van der Waals surface area (Å²) in [5.41, 5.74) is 5.32. The summed E-state index contributed by atoms with van der Waals surface area (Å²) in [5.74, 6) is 5.34. The number of benzene rings is 1. The number of nitrogens with two attached hydrogens (primary N) is 1. The molecule has 0 saturated heterocycles. The van der Waals surface area contributed by atoms with Crippen molar-refractivity contribution in [3.8, 4) is 0 Å². The number of hydrogen-bond acceptors (Lipinski definition) is 2. The van der Waals surface area contributed by atoms with Gasteiger partial charge >= 0.3 is 6.18 Å². The average Bonchev–Trinajstić information content (AvgIpc) is 2.23. The molecule has 3 N–H and O–H groups in total. The van der Waals surface area contributed by atoms with Gasteiger partial charge in [0.1, 0.15) is 0 Å². The first kappa shape index (κ1) is 14.0. The van der Waals surface area contributed by atoms with Gasteiger partial charge in [-0.25, -0.2) is 0 Å². The summed E-state index contributed by atoms with van der Waals surface area (Å²) < 4.78 is 36.5. The average molecular weight is 246 g/mol. The van der Waals surface area contributed by atoms with Gasteiger partial charge in [-0.05, 0) is 37.0 Å². The lowest BCUT2D eigenvalue weighted by molar-refractivity contribution is -0.136. The Bertz CT molecular complexity index is 375. The van der Waals surface area contributed by atoms with Gasteiger partial charge in [-0.15, -0.1) is 0 Å². The third-order valence-corrected chi connectivity index (χ3v) is 2.94. The molecule has 0 radical (unpaired) electrons. The Morgan fingerprint density at radius 1 is 1.29 bits per heavy atom. The molecule has 0 spiro atoms. The monoisotopic (exact) mass is 246 g/mol. The van der Waals surface area contributed by atoms with E-state index >= 15 is 0 Å².